The van der Waals surface area contributed by atoms with E-state index in [1.54, 1.807) is 0 Å². The zero-order chi connectivity index (χ0) is 13.4. The Labute approximate surface area is 112 Å². The molecule has 0 amide bonds. The molecule has 0 radical (unpaired) electrons. The molecule has 2 aromatic heterocycles. The number of imidazole rings is 1. The van der Waals surface area contributed by atoms with Crippen molar-refractivity contribution in [1.29, 1.82) is 0 Å². The molecule has 0 bridgehead atoms. The van der Waals surface area contributed by atoms with Gasteiger partial charge in [0.15, 0.2) is 0 Å². The Hall–Kier alpha value is -1.40. The van der Waals surface area contributed by atoms with E-state index in [1.165, 1.54) is 0 Å². The highest BCUT2D eigenvalue weighted by atomic mass is 16.5. The molecule has 104 valence electrons. The van der Waals surface area contributed by atoms with Crippen LogP contribution in [-0.2, 0) is 18.2 Å². The van der Waals surface area contributed by atoms with Crippen LogP contribution in [0.4, 0.5) is 0 Å². The van der Waals surface area contributed by atoms with Crippen molar-refractivity contribution >= 4 is 5.78 Å². The van der Waals surface area contributed by atoms with Gasteiger partial charge in [0.2, 0.25) is 5.78 Å². The molecule has 1 fully saturated rings. The zero-order valence-corrected chi connectivity index (χ0v) is 11.6. The van der Waals surface area contributed by atoms with E-state index < -0.39 is 0 Å². The van der Waals surface area contributed by atoms with Crippen molar-refractivity contribution in [2.24, 2.45) is 12.8 Å². The lowest BCUT2D eigenvalue weighted by molar-refractivity contribution is 0.0829. The molecule has 3 rings (SSSR count). The zero-order valence-electron chi connectivity index (χ0n) is 11.6. The number of hydrogen-bond donors (Lipinski definition) is 1. The second-order valence-corrected chi connectivity index (χ2v) is 5.20. The molecule has 0 saturated carbocycles. The smallest absolute Gasteiger partial charge is 0.232 e. The topological polar surface area (TPSA) is 70.4 Å². The lowest BCUT2D eigenvalue weighted by Gasteiger charge is -2.20. The molecule has 2 N–H and O–H groups in total. The number of aromatic nitrogens is 4. The van der Waals surface area contributed by atoms with Crippen LogP contribution < -0.4 is 5.73 Å². The van der Waals surface area contributed by atoms with E-state index in [1.807, 2.05) is 18.5 Å². The van der Waals surface area contributed by atoms with Crippen LogP contribution in [0.2, 0.25) is 0 Å². The molecule has 0 unspecified atom stereocenters. The highest BCUT2D eigenvalue weighted by Gasteiger charge is 2.24. The van der Waals surface area contributed by atoms with Crippen LogP contribution in [0.15, 0.2) is 0 Å². The van der Waals surface area contributed by atoms with Gasteiger partial charge in [0, 0.05) is 32.6 Å². The number of rotatable bonds is 3. The van der Waals surface area contributed by atoms with Crippen LogP contribution in [0.5, 0.6) is 0 Å². The molecular weight excluding hydrogens is 242 g/mol. The average molecular weight is 263 g/mol. The summed E-state index contributed by atoms with van der Waals surface area (Å²) in [4.78, 5) is 4.62. The van der Waals surface area contributed by atoms with Gasteiger partial charge in [-0.1, -0.05) is 0 Å². The summed E-state index contributed by atoms with van der Waals surface area (Å²) in [5.74, 6) is 2.51. The fraction of sp³-hybridized carbons (Fsp3) is 0.692. The van der Waals surface area contributed by atoms with Crippen molar-refractivity contribution in [3.05, 3.63) is 17.2 Å². The predicted octanol–water partition coefficient (Wildman–Crippen LogP) is 0.771. The van der Waals surface area contributed by atoms with Gasteiger partial charge in [0.25, 0.3) is 0 Å². The Morgan fingerprint density at radius 3 is 2.79 bits per heavy atom. The molecule has 2 aromatic rings. The fourth-order valence-electron chi connectivity index (χ4n) is 2.86. The van der Waals surface area contributed by atoms with Crippen LogP contribution in [0.25, 0.3) is 5.78 Å². The molecule has 1 aliphatic heterocycles. The van der Waals surface area contributed by atoms with E-state index >= 15 is 0 Å². The first-order valence-corrected chi connectivity index (χ1v) is 6.91. The summed E-state index contributed by atoms with van der Waals surface area (Å²) in [6, 6.07) is 0. The monoisotopic (exact) mass is 263 g/mol. The third-order valence-corrected chi connectivity index (χ3v) is 3.94. The van der Waals surface area contributed by atoms with Gasteiger partial charge >= 0.3 is 0 Å². The van der Waals surface area contributed by atoms with Gasteiger partial charge in [-0.15, -0.1) is 0 Å². The molecule has 19 heavy (non-hydrogen) atoms. The number of fused-ring (bicyclic) bond motifs is 1. The molecule has 6 heteroatoms. The fourth-order valence-corrected chi connectivity index (χ4v) is 2.86. The SMILES string of the molecule is Cc1nc2n(C)c(C3CCOCC3)nn2c1CCN. The predicted molar refractivity (Wildman–Crippen MR) is 72.2 cm³/mol. The van der Waals surface area contributed by atoms with Gasteiger partial charge in [-0.3, -0.25) is 4.57 Å². The molecule has 0 atom stereocenters. The average Bonchev–Trinajstić information content (AvgIpc) is 2.90. The molecule has 0 aromatic carbocycles. The number of aryl methyl sites for hydroxylation is 2. The van der Waals surface area contributed by atoms with Crippen molar-refractivity contribution in [3.8, 4) is 0 Å². The minimum atomic E-state index is 0.478. The second kappa shape index (κ2) is 4.94. The standard InChI is InChI=1S/C13H21N5O/c1-9-11(3-6-14)18-13(15-9)17(2)12(16-18)10-4-7-19-8-5-10/h10H,3-8,14H2,1-2H3. The van der Waals surface area contributed by atoms with E-state index in [0.717, 1.165) is 55.5 Å². The van der Waals surface area contributed by atoms with E-state index in [9.17, 15) is 0 Å². The third kappa shape index (κ3) is 2.04. The maximum Gasteiger partial charge on any atom is 0.232 e. The van der Waals surface area contributed by atoms with Crippen LogP contribution >= 0.6 is 0 Å². The Balaban J connectivity index is 2.04. The highest BCUT2D eigenvalue weighted by Crippen LogP contribution is 2.27. The molecule has 0 spiro atoms. The minimum absolute atomic E-state index is 0.478. The number of hydrogen-bond acceptors (Lipinski definition) is 4. The molecule has 3 heterocycles. The summed E-state index contributed by atoms with van der Waals surface area (Å²) in [6.45, 7) is 4.30. The van der Waals surface area contributed by atoms with Gasteiger partial charge in [-0.2, -0.15) is 5.10 Å². The van der Waals surface area contributed by atoms with Gasteiger partial charge in [-0.25, -0.2) is 9.50 Å². The summed E-state index contributed by atoms with van der Waals surface area (Å²) >= 11 is 0. The van der Waals surface area contributed by atoms with Crippen molar-refractivity contribution in [3.63, 3.8) is 0 Å². The normalized spacial score (nSPS) is 17.4. The summed E-state index contributed by atoms with van der Waals surface area (Å²) in [5.41, 5.74) is 7.84. The number of nitrogens with two attached hydrogens (primary N) is 1. The number of ether oxygens (including phenoxy) is 1. The molecular formula is C13H21N5O. The van der Waals surface area contributed by atoms with Crippen molar-refractivity contribution in [1.82, 2.24) is 19.2 Å². The van der Waals surface area contributed by atoms with Gasteiger partial charge in [0.1, 0.15) is 5.82 Å². The van der Waals surface area contributed by atoms with E-state index in [4.69, 9.17) is 15.6 Å². The van der Waals surface area contributed by atoms with Crippen molar-refractivity contribution < 1.29 is 4.74 Å². The maximum atomic E-state index is 5.68. The summed E-state index contributed by atoms with van der Waals surface area (Å²) in [5, 5.41) is 4.78. The lowest BCUT2D eigenvalue weighted by atomic mass is 10.00. The first-order chi connectivity index (χ1) is 9.22. The van der Waals surface area contributed by atoms with E-state index in [0.29, 0.717) is 12.5 Å². The third-order valence-electron chi connectivity index (χ3n) is 3.94. The maximum absolute atomic E-state index is 5.68. The highest BCUT2D eigenvalue weighted by molar-refractivity contribution is 5.37. The lowest BCUT2D eigenvalue weighted by Crippen LogP contribution is -2.17. The van der Waals surface area contributed by atoms with E-state index in [2.05, 4.69) is 9.55 Å². The van der Waals surface area contributed by atoms with Crippen LogP contribution in [0.1, 0.15) is 36.0 Å². The molecule has 0 aliphatic carbocycles. The Morgan fingerprint density at radius 2 is 2.11 bits per heavy atom. The molecule has 1 saturated heterocycles. The Morgan fingerprint density at radius 1 is 1.37 bits per heavy atom. The summed E-state index contributed by atoms with van der Waals surface area (Å²) < 4.78 is 9.50. The van der Waals surface area contributed by atoms with Crippen LogP contribution in [-0.4, -0.2) is 38.9 Å². The molecule has 1 aliphatic rings. The van der Waals surface area contributed by atoms with Gasteiger partial charge in [0.05, 0.1) is 11.4 Å². The summed E-state index contributed by atoms with van der Waals surface area (Å²) in [7, 11) is 2.05. The van der Waals surface area contributed by atoms with Crippen LogP contribution in [0.3, 0.4) is 0 Å². The van der Waals surface area contributed by atoms with Crippen molar-refractivity contribution in [2.75, 3.05) is 19.8 Å². The van der Waals surface area contributed by atoms with E-state index in [-0.39, 0.29) is 0 Å². The quantitative estimate of drug-likeness (QED) is 0.888. The Kier molecular flexibility index (Phi) is 3.28. The largest absolute Gasteiger partial charge is 0.381 e. The van der Waals surface area contributed by atoms with Crippen molar-refractivity contribution in [2.45, 2.75) is 32.1 Å². The first-order valence-electron chi connectivity index (χ1n) is 6.91. The summed E-state index contributed by atoms with van der Waals surface area (Å²) in [6.07, 6.45) is 2.90. The number of nitrogens with zero attached hydrogens (tertiary/aromatic N) is 4. The van der Waals surface area contributed by atoms with Gasteiger partial charge in [-0.05, 0) is 26.3 Å². The molecule has 6 nitrogen and oxygen atoms in total. The first kappa shape index (κ1) is 12.6. The minimum Gasteiger partial charge on any atom is -0.381 e. The van der Waals surface area contributed by atoms with Crippen LogP contribution in [0, 0.1) is 6.92 Å². The van der Waals surface area contributed by atoms with Gasteiger partial charge < -0.3 is 10.5 Å². The Bertz CT molecular complexity index is 579. The second-order valence-electron chi connectivity index (χ2n) is 5.20.